The second-order valence-electron chi connectivity index (χ2n) is 5.37. The molecule has 1 aromatic carbocycles. The Kier molecular flexibility index (Phi) is 7.10. The van der Waals surface area contributed by atoms with Crippen LogP contribution in [0.15, 0.2) is 42.6 Å². The number of alkyl halides is 2. The van der Waals surface area contributed by atoms with Gasteiger partial charge in [-0.05, 0) is 30.2 Å². The quantitative estimate of drug-likeness (QED) is 0.694. The predicted molar refractivity (Wildman–Crippen MR) is 87.5 cm³/mol. The molecular weight excluding hydrogens is 298 g/mol. The highest BCUT2D eigenvalue weighted by molar-refractivity contribution is 5.62. The normalized spacial score (nSPS) is 12.3. The minimum Gasteiger partial charge on any atom is -0.388 e. The molecule has 0 radical (unpaired) electrons. The molecule has 1 atom stereocenters. The molecule has 0 fully saturated rings. The van der Waals surface area contributed by atoms with E-state index in [0.29, 0.717) is 25.1 Å². The summed E-state index contributed by atoms with van der Waals surface area (Å²) < 4.78 is 24.2. The third kappa shape index (κ3) is 5.37. The first kappa shape index (κ1) is 17.5. The minimum atomic E-state index is -0.759. The van der Waals surface area contributed by atoms with Crippen LogP contribution in [-0.4, -0.2) is 30.0 Å². The third-order valence-corrected chi connectivity index (χ3v) is 3.63. The average molecular weight is 320 g/mol. The van der Waals surface area contributed by atoms with E-state index in [0.717, 1.165) is 16.8 Å². The summed E-state index contributed by atoms with van der Waals surface area (Å²) in [6, 6.07) is 11.3. The Hall–Kier alpha value is -1.85. The van der Waals surface area contributed by atoms with E-state index in [-0.39, 0.29) is 13.1 Å². The van der Waals surface area contributed by atoms with Crippen LogP contribution < -0.4 is 5.32 Å². The topological polar surface area (TPSA) is 45.1 Å². The molecule has 1 heterocycles. The van der Waals surface area contributed by atoms with E-state index in [2.05, 4.69) is 10.3 Å². The van der Waals surface area contributed by atoms with Crippen molar-refractivity contribution in [2.24, 2.45) is 0 Å². The number of aromatic nitrogens is 1. The number of pyridine rings is 1. The molecule has 0 unspecified atom stereocenters. The molecule has 23 heavy (non-hydrogen) atoms. The molecular formula is C18H22F2N2O. The Morgan fingerprint density at radius 3 is 2.35 bits per heavy atom. The van der Waals surface area contributed by atoms with Crippen LogP contribution in [0, 0.1) is 0 Å². The fourth-order valence-corrected chi connectivity index (χ4v) is 2.28. The Balaban J connectivity index is 1.96. The lowest BCUT2D eigenvalue weighted by Crippen LogP contribution is -2.15. The van der Waals surface area contributed by atoms with Crippen LogP contribution in [0.25, 0.3) is 11.1 Å². The predicted octanol–water partition coefficient (Wildman–Crippen LogP) is 3.59. The van der Waals surface area contributed by atoms with Gasteiger partial charge in [-0.2, -0.15) is 0 Å². The molecule has 0 amide bonds. The van der Waals surface area contributed by atoms with Gasteiger partial charge in [0, 0.05) is 24.7 Å². The minimum absolute atomic E-state index is 0.116. The Morgan fingerprint density at radius 2 is 1.74 bits per heavy atom. The van der Waals surface area contributed by atoms with Crippen molar-refractivity contribution in [2.75, 3.05) is 19.9 Å². The van der Waals surface area contributed by atoms with Crippen LogP contribution in [-0.2, 0) is 6.54 Å². The summed E-state index contributed by atoms with van der Waals surface area (Å²) in [5.74, 6) is 0. The zero-order chi connectivity index (χ0) is 16.5. The zero-order valence-corrected chi connectivity index (χ0v) is 13.0. The SMILES string of the molecule is O[C@@H](CCF)c1ccc(-c2ccc(CNCCCF)nc2)cc1. The highest BCUT2D eigenvalue weighted by Crippen LogP contribution is 2.23. The summed E-state index contributed by atoms with van der Waals surface area (Å²) >= 11 is 0. The standard InChI is InChI=1S/C18H22F2N2O/c19-9-1-11-21-13-17-7-6-16(12-22-17)14-2-4-15(5-3-14)18(23)8-10-20/h2-7,12,18,21,23H,1,8-11,13H2/t18-/m0/s1. The second-order valence-corrected chi connectivity index (χ2v) is 5.37. The lowest BCUT2D eigenvalue weighted by Gasteiger charge is -2.10. The van der Waals surface area contributed by atoms with Crippen molar-refractivity contribution in [3.8, 4) is 11.1 Å². The third-order valence-electron chi connectivity index (χ3n) is 3.63. The molecule has 1 aromatic heterocycles. The average Bonchev–Trinajstić information content (AvgIpc) is 2.60. The number of halogens is 2. The molecule has 0 bridgehead atoms. The van der Waals surface area contributed by atoms with Crippen LogP contribution in [0.5, 0.6) is 0 Å². The fourth-order valence-electron chi connectivity index (χ4n) is 2.28. The summed E-state index contributed by atoms with van der Waals surface area (Å²) in [5, 5.41) is 12.9. The van der Waals surface area contributed by atoms with Crippen LogP contribution in [0.3, 0.4) is 0 Å². The van der Waals surface area contributed by atoms with Crippen molar-refractivity contribution >= 4 is 0 Å². The second kappa shape index (κ2) is 9.33. The van der Waals surface area contributed by atoms with Crippen molar-refractivity contribution in [1.29, 1.82) is 0 Å². The summed E-state index contributed by atoms with van der Waals surface area (Å²) in [7, 11) is 0. The van der Waals surface area contributed by atoms with E-state index in [1.54, 1.807) is 6.20 Å². The highest BCUT2D eigenvalue weighted by atomic mass is 19.1. The maximum absolute atomic E-state index is 12.3. The van der Waals surface area contributed by atoms with Crippen molar-refractivity contribution in [2.45, 2.75) is 25.5 Å². The summed E-state index contributed by atoms with van der Waals surface area (Å²) in [6.45, 7) is 0.417. The number of benzene rings is 1. The monoisotopic (exact) mass is 320 g/mol. The molecule has 124 valence electrons. The van der Waals surface area contributed by atoms with Gasteiger partial charge >= 0.3 is 0 Å². The molecule has 0 aliphatic carbocycles. The van der Waals surface area contributed by atoms with Gasteiger partial charge in [0.2, 0.25) is 0 Å². The molecule has 2 aromatic rings. The first-order valence-electron chi connectivity index (χ1n) is 7.80. The van der Waals surface area contributed by atoms with Gasteiger partial charge in [-0.1, -0.05) is 30.3 Å². The van der Waals surface area contributed by atoms with Gasteiger partial charge < -0.3 is 10.4 Å². The van der Waals surface area contributed by atoms with E-state index in [1.165, 1.54) is 0 Å². The van der Waals surface area contributed by atoms with Crippen LogP contribution >= 0.6 is 0 Å². The molecule has 0 saturated carbocycles. The number of aliphatic hydroxyl groups is 1. The van der Waals surface area contributed by atoms with Crippen molar-refractivity contribution in [3.05, 3.63) is 53.9 Å². The van der Waals surface area contributed by atoms with Gasteiger partial charge in [-0.15, -0.1) is 0 Å². The Bertz CT molecular complexity index is 573. The van der Waals surface area contributed by atoms with Gasteiger partial charge in [-0.3, -0.25) is 13.8 Å². The number of nitrogens with zero attached hydrogens (tertiary/aromatic N) is 1. The van der Waals surface area contributed by atoms with Gasteiger partial charge in [0.1, 0.15) is 0 Å². The Morgan fingerprint density at radius 1 is 1.00 bits per heavy atom. The summed E-state index contributed by atoms with van der Waals surface area (Å²) in [6.07, 6.45) is 1.66. The number of hydrogen-bond acceptors (Lipinski definition) is 3. The van der Waals surface area contributed by atoms with Crippen molar-refractivity contribution in [3.63, 3.8) is 0 Å². The summed E-state index contributed by atoms with van der Waals surface area (Å²) in [5.41, 5.74) is 3.59. The fraction of sp³-hybridized carbons (Fsp3) is 0.389. The Labute approximate surface area is 135 Å². The smallest absolute Gasteiger partial charge is 0.0922 e. The number of hydrogen-bond donors (Lipinski definition) is 2. The molecule has 0 aliphatic rings. The van der Waals surface area contributed by atoms with Gasteiger partial charge in [0.15, 0.2) is 0 Å². The van der Waals surface area contributed by atoms with E-state index >= 15 is 0 Å². The molecule has 2 rings (SSSR count). The lowest BCUT2D eigenvalue weighted by atomic mass is 10.0. The summed E-state index contributed by atoms with van der Waals surface area (Å²) in [4.78, 5) is 4.38. The van der Waals surface area contributed by atoms with Crippen LogP contribution in [0.4, 0.5) is 8.78 Å². The molecule has 0 saturated heterocycles. The van der Waals surface area contributed by atoms with Gasteiger partial charge in [-0.25, -0.2) is 0 Å². The molecule has 3 nitrogen and oxygen atoms in total. The number of rotatable bonds is 9. The van der Waals surface area contributed by atoms with Gasteiger partial charge in [0.25, 0.3) is 0 Å². The van der Waals surface area contributed by atoms with Crippen molar-refractivity contribution in [1.82, 2.24) is 10.3 Å². The number of nitrogens with one attached hydrogen (secondary N) is 1. The molecule has 0 spiro atoms. The van der Waals surface area contributed by atoms with Gasteiger partial charge in [0.05, 0.1) is 25.1 Å². The number of aliphatic hydroxyl groups excluding tert-OH is 1. The maximum atomic E-state index is 12.3. The van der Waals surface area contributed by atoms with E-state index < -0.39 is 12.8 Å². The maximum Gasteiger partial charge on any atom is 0.0922 e. The lowest BCUT2D eigenvalue weighted by molar-refractivity contribution is 0.156. The molecule has 2 N–H and O–H groups in total. The zero-order valence-electron chi connectivity index (χ0n) is 13.0. The van der Waals surface area contributed by atoms with Crippen molar-refractivity contribution < 1.29 is 13.9 Å². The van der Waals surface area contributed by atoms with Crippen LogP contribution in [0.2, 0.25) is 0 Å². The van der Waals surface area contributed by atoms with Crippen LogP contribution in [0.1, 0.15) is 30.2 Å². The van der Waals surface area contributed by atoms with E-state index in [4.69, 9.17) is 0 Å². The largest absolute Gasteiger partial charge is 0.388 e. The van der Waals surface area contributed by atoms with E-state index in [1.807, 2.05) is 36.4 Å². The first-order chi connectivity index (χ1) is 11.2. The van der Waals surface area contributed by atoms with E-state index in [9.17, 15) is 13.9 Å². The highest BCUT2D eigenvalue weighted by Gasteiger charge is 2.07. The molecule has 5 heteroatoms. The first-order valence-corrected chi connectivity index (χ1v) is 7.80. The molecule has 0 aliphatic heterocycles.